The molecule has 0 N–H and O–H groups in total. The molecule has 1 unspecified atom stereocenters. The normalized spacial score (nSPS) is 12.9. The highest BCUT2D eigenvalue weighted by Gasteiger charge is 2.19. The molecule has 0 heterocycles. The lowest BCUT2D eigenvalue weighted by Crippen LogP contribution is -2.30. The van der Waals surface area contributed by atoms with Crippen molar-refractivity contribution in [1.82, 2.24) is 0 Å². The third kappa shape index (κ3) is 45.3. The second-order valence-corrected chi connectivity index (χ2v) is 15.4. The highest BCUT2D eigenvalue weighted by atomic mass is 16.6. The monoisotopic (exact) mass is 819 g/mol. The number of esters is 3. The van der Waals surface area contributed by atoms with Gasteiger partial charge in [0, 0.05) is 19.3 Å². The van der Waals surface area contributed by atoms with Crippen molar-refractivity contribution in [1.29, 1.82) is 0 Å². The van der Waals surface area contributed by atoms with Crippen LogP contribution in [0.15, 0.2) is 97.2 Å². The molecule has 334 valence electrons. The summed E-state index contributed by atoms with van der Waals surface area (Å²) in [6, 6.07) is 0. The maximum absolute atomic E-state index is 12.7. The van der Waals surface area contributed by atoms with Gasteiger partial charge in [-0.15, -0.1) is 0 Å². The van der Waals surface area contributed by atoms with Crippen LogP contribution in [0.2, 0.25) is 0 Å². The van der Waals surface area contributed by atoms with Crippen LogP contribution in [0, 0.1) is 0 Å². The highest BCUT2D eigenvalue weighted by molar-refractivity contribution is 5.71. The molecule has 6 nitrogen and oxygen atoms in total. The maximum atomic E-state index is 12.7. The van der Waals surface area contributed by atoms with Gasteiger partial charge in [-0.25, -0.2) is 0 Å². The van der Waals surface area contributed by atoms with Gasteiger partial charge in [0.05, 0.1) is 0 Å². The Balaban J connectivity index is 4.49. The lowest BCUT2D eigenvalue weighted by molar-refractivity contribution is -0.167. The summed E-state index contributed by atoms with van der Waals surface area (Å²) in [5, 5.41) is 0. The van der Waals surface area contributed by atoms with Gasteiger partial charge in [0.25, 0.3) is 0 Å². The molecular weight excluding hydrogens is 733 g/mol. The molecule has 0 aromatic heterocycles. The smallest absolute Gasteiger partial charge is 0.306 e. The quantitative estimate of drug-likeness (QED) is 0.0201. The van der Waals surface area contributed by atoms with E-state index in [9.17, 15) is 14.4 Å². The number of hydrogen-bond donors (Lipinski definition) is 0. The molecule has 0 aromatic rings. The molecule has 0 aliphatic heterocycles. The third-order valence-corrected chi connectivity index (χ3v) is 9.70. The standard InChI is InChI=1S/C53H86O6/c1-4-7-10-13-16-19-21-23-25-26-28-29-31-34-37-40-43-46-52(55)58-49-50(48-57-51(54)45-42-39-36-33-18-15-12-9-6-3)59-53(56)47-44-41-38-35-32-30-27-24-22-20-17-14-11-8-5-2/h7,10,13,16,19-23,25-26,28-29,31,33,36,50H,4-6,8-9,11-12,14-15,17-18,24,27,30,32,34-35,37-49H2,1-3H3/b10-7-,16-13-,21-19-,22-20-,25-23-,28-26+,31-29-,36-33-. The number of rotatable bonds is 41. The van der Waals surface area contributed by atoms with Gasteiger partial charge in [-0.1, -0.05) is 195 Å². The molecule has 0 rings (SSSR count). The van der Waals surface area contributed by atoms with Gasteiger partial charge in [0.2, 0.25) is 0 Å². The molecule has 0 aromatic carbocycles. The Morgan fingerprint density at radius 2 is 0.695 bits per heavy atom. The highest BCUT2D eigenvalue weighted by Crippen LogP contribution is 2.13. The SMILES string of the molecule is CC\C=C/C=C\C=C/C=C\C=C\C=C/CCCCCC(=O)OCC(COC(=O)CCC/C=C\CCCCCC)OC(=O)CCCCCCCCC/C=C\CCCCCC. The Morgan fingerprint density at radius 1 is 0.356 bits per heavy atom. The van der Waals surface area contributed by atoms with E-state index >= 15 is 0 Å². The lowest BCUT2D eigenvalue weighted by Gasteiger charge is -2.18. The van der Waals surface area contributed by atoms with Crippen LogP contribution in [-0.4, -0.2) is 37.2 Å². The second kappa shape index (κ2) is 47.0. The molecule has 59 heavy (non-hydrogen) atoms. The van der Waals surface area contributed by atoms with Crippen molar-refractivity contribution in [3.63, 3.8) is 0 Å². The van der Waals surface area contributed by atoms with E-state index in [1.807, 2.05) is 60.8 Å². The van der Waals surface area contributed by atoms with Crippen molar-refractivity contribution >= 4 is 17.9 Å². The molecule has 1 atom stereocenters. The summed E-state index contributed by atoms with van der Waals surface area (Å²) < 4.78 is 16.6. The van der Waals surface area contributed by atoms with Crippen molar-refractivity contribution < 1.29 is 28.6 Å². The molecule has 0 radical (unpaired) electrons. The van der Waals surface area contributed by atoms with Gasteiger partial charge in [-0.3, -0.25) is 14.4 Å². The van der Waals surface area contributed by atoms with Crippen LogP contribution in [0.25, 0.3) is 0 Å². The van der Waals surface area contributed by atoms with E-state index < -0.39 is 6.10 Å². The molecule has 0 saturated heterocycles. The fraction of sp³-hybridized carbons (Fsp3) is 0.642. The molecule has 0 fully saturated rings. The average Bonchev–Trinajstić information content (AvgIpc) is 3.23. The van der Waals surface area contributed by atoms with Crippen molar-refractivity contribution in [3.8, 4) is 0 Å². The minimum Gasteiger partial charge on any atom is -0.462 e. The van der Waals surface area contributed by atoms with Crippen LogP contribution in [0.3, 0.4) is 0 Å². The first-order valence-electron chi connectivity index (χ1n) is 23.8. The Labute approximate surface area is 362 Å². The lowest BCUT2D eigenvalue weighted by atomic mass is 10.1. The molecular formula is C53H86O6. The zero-order chi connectivity index (χ0) is 43.0. The zero-order valence-corrected chi connectivity index (χ0v) is 38.0. The third-order valence-electron chi connectivity index (χ3n) is 9.70. The van der Waals surface area contributed by atoms with E-state index in [0.29, 0.717) is 25.7 Å². The summed E-state index contributed by atoms with van der Waals surface area (Å²) in [4.78, 5) is 37.8. The molecule has 6 heteroatoms. The predicted molar refractivity (Wildman–Crippen MR) is 251 cm³/mol. The van der Waals surface area contributed by atoms with E-state index in [1.54, 1.807) is 0 Å². The molecule has 0 aliphatic rings. The van der Waals surface area contributed by atoms with E-state index in [-0.39, 0.29) is 31.1 Å². The summed E-state index contributed by atoms with van der Waals surface area (Å²) >= 11 is 0. The van der Waals surface area contributed by atoms with Crippen LogP contribution < -0.4 is 0 Å². The summed E-state index contributed by atoms with van der Waals surface area (Å²) in [5.41, 5.74) is 0. The average molecular weight is 819 g/mol. The Kier molecular flexibility index (Phi) is 44.1. The number of carbonyl (C=O) groups excluding carboxylic acids is 3. The molecule has 0 amide bonds. The molecule has 0 aliphatic carbocycles. The van der Waals surface area contributed by atoms with Crippen LogP contribution in [0.5, 0.6) is 0 Å². The van der Waals surface area contributed by atoms with Crippen LogP contribution in [0.1, 0.15) is 201 Å². The Hall–Kier alpha value is -3.67. The van der Waals surface area contributed by atoms with Gasteiger partial charge in [-0.2, -0.15) is 0 Å². The van der Waals surface area contributed by atoms with Gasteiger partial charge in [0.15, 0.2) is 6.10 Å². The minimum absolute atomic E-state index is 0.110. The zero-order valence-electron chi connectivity index (χ0n) is 38.0. The largest absolute Gasteiger partial charge is 0.462 e. The van der Waals surface area contributed by atoms with Gasteiger partial charge in [0.1, 0.15) is 13.2 Å². The fourth-order valence-electron chi connectivity index (χ4n) is 6.12. The molecule has 0 saturated carbocycles. The number of ether oxygens (including phenoxy) is 3. The van der Waals surface area contributed by atoms with Crippen molar-refractivity contribution in [3.05, 3.63) is 97.2 Å². The van der Waals surface area contributed by atoms with Gasteiger partial charge >= 0.3 is 17.9 Å². The topological polar surface area (TPSA) is 78.9 Å². The first-order chi connectivity index (χ1) is 29.0. The summed E-state index contributed by atoms with van der Waals surface area (Å²) in [7, 11) is 0. The number of unbranched alkanes of at least 4 members (excludes halogenated alkanes) is 19. The Morgan fingerprint density at radius 3 is 1.17 bits per heavy atom. The predicted octanol–water partition coefficient (Wildman–Crippen LogP) is 15.4. The number of allylic oxidation sites excluding steroid dienone is 16. The Bertz CT molecular complexity index is 1220. The number of carbonyl (C=O) groups is 3. The fourth-order valence-corrected chi connectivity index (χ4v) is 6.12. The van der Waals surface area contributed by atoms with E-state index in [1.165, 1.54) is 89.9 Å². The van der Waals surface area contributed by atoms with Crippen molar-refractivity contribution in [2.24, 2.45) is 0 Å². The van der Waals surface area contributed by atoms with Crippen molar-refractivity contribution in [2.75, 3.05) is 13.2 Å². The first kappa shape index (κ1) is 55.3. The molecule has 0 spiro atoms. The second-order valence-electron chi connectivity index (χ2n) is 15.4. The van der Waals surface area contributed by atoms with Crippen LogP contribution >= 0.6 is 0 Å². The summed E-state index contributed by atoms with van der Waals surface area (Å²) in [6.45, 7) is 6.36. The van der Waals surface area contributed by atoms with E-state index in [4.69, 9.17) is 14.2 Å². The van der Waals surface area contributed by atoms with Crippen LogP contribution in [0.4, 0.5) is 0 Å². The van der Waals surface area contributed by atoms with E-state index in [2.05, 4.69) is 57.2 Å². The number of hydrogen-bond acceptors (Lipinski definition) is 6. The summed E-state index contributed by atoms with van der Waals surface area (Å²) in [5.74, 6) is -0.999. The maximum Gasteiger partial charge on any atom is 0.306 e. The summed E-state index contributed by atoms with van der Waals surface area (Å²) in [6.07, 6.45) is 61.1. The van der Waals surface area contributed by atoms with Crippen LogP contribution in [-0.2, 0) is 28.6 Å². The van der Waals surface area contributed by atoms with Gasteiger partial charge in [-0.05, 0) is 83.5 Å². The molecule has 0 bridgehead atoms. The minimum atomic E-state index is -0.808. The first-order valence-corrected chi connectivity index (χ1v) is 23.8. The van der Waals surface area contributed by atoms with Crippen molar-refractivity contribution in [2.45, 2.75) is 207 Å². The van der Waals surface area contributed by atoms with Gasteiger partial charge < -0.3 is 14.2 Å². The van der Waals surface area contributed by atoms with E-state index in [0.717, 1.165) is 64.2 Å².